The molecule has 0 bridgehead atoms. The molecule has 1 aliphatic carbocycles. The number of carbonyl (C=O) groups is 4. The van der Waals surface area contributed by atoms with Crippen molar-refractivity contribution in [1.82, 2.24) is 0 Å². The van der Waals surface area contributed by atoms with E-state index in [9.17, 15) is 19.2 Å². The molecule has 4 rings (SSSR count). The Kier molecular flexibility index (Phi) is 5.18. The van der Waals surface area contributed by atoms with E-state index < -0.39 is 28.9 Å². The first-order chi connectivity index (χ1) is 14.7. The Morgan fingerprint density at radius 3 is 2.52 bits per heavy atom. The second-order valence-corrected chi connectivity index (χ2v) is 9.27. The van der Waals surface area contributed by atoms with Crippen molar-refractivity contribution in [1.29, 1.82) is 0 Å². The summed E-state index contributed by atoms with van der Waals surface area (Å²) in [6.45, 7) is 3.60. The highest BCUT2D eigenvalue weighted by Crippen LogP contribution is 2.50. The highest BCUT2D eigenvalue weighted by Gasteiger charge is 2.49. The first-order valence-corrected chi connectivity index (χ1v) is 10.6. The Labute approximate surface area is 183 Å². The maximum atomic E-state index is 13.4. The predicted molar refractivity (Wildman–Crippen MR) is 118 cm³/mol. The average molecular weight is 436 g/mol. The number of carbonyl (C=O) groups excluding carboxylic acids is 4. The van der Waals surface area contributed by atoms with Gasteiger partial charge in [0.15, 0.2) is 5.78 Å². The van der Waals surface area contributed by atoms with Crippen molar-refractivity contribution in [3.05, 3.63) is 64.7 Å². The summed E-state index contributed by atoms with van der Waals surface area (Å²) in [6, 6.07) is 13.8. The number of primary amides is 1. The third-order valence-electron chi connectivity index (χ3n) is 5.49. The number of fused-ring (bicyclic) bond motifs is 1. The molecule has 2 aromatic carbocycles. The number of amides is 2. The van der Waals surface area contributed by atoms with Crippen molar-refractivity contribution < 1.29 is 19.2 Å². The first-order valence-electron chi connectivity index (χ1n) is 9.74. The number of thioether (sulfide) groups is 1. The molecule has 0 spiro atoms. The van der Waals surface area contributed by atoms with Crippen molar-refractivity contribution in [2.75, 3.05) is 10.6 Å². The average Bonchev–Trinajstić information content (AvgIpc) is 2.72. The number of hydrogen-bond acceptors (Lipinski definition) is 6. The summed E-state index contributed by atoms with van der Waals surface area (Å²) in [5, 5.41) is 5.76. The van der Waals surface area contributed by atoms with Gasteiger partial charge in [0, 0.05) is 10.6 Å². The number of rotatable bonds is 4. The molecule has 1 atom stereocenters. The third-order valence-corrected chi connectivity index (χ3v) is 6.71. The fourth-order valence-corrected chi connectivity index (χ4v) is 5.07. The van der Waals surface area contributed by atoms with Crippen molar-refractivity contribution in [3.8, 4) is 0 Å². The van der Waals surface area contributed by atoms with Crippen LogP contribution in [0.3, 0.4) is 0 Å². The van der Waals surface area contributed by atoms with Gasteiger partial charge in [0.2, 0.25) is 5.78 Å². The van der Waals surface area contributed by atoms with Crippen LogP contribution in [-0.4, -0.2) is 23.4 Å². The zero-order valence-electron chi connectivity index (χ0n) is 17.0. The molecule has 4 N–H and O–H groups in total. The first kappa shape index (κ1) is 20.9. The molecule has 0 saturated heterocycles. The number of ketones is 2. The molecular formula is C23H21N3O4S. The Hall–Kier alpha value is -3.39. The Bertz CT molecular complexity index is 1170. The minimum atomic E-state index is -1.13. The van der Waals surface area contributed by atoms with E-state index in [1.54, 1.807) is 26.0 Å². The fraction of sp³-hybridized carbons (Fsp3) is 0.217. The number of allylic oxidation sites excluding steroid dienone is 2. The summed E-state index contributed by atoms with van der Waals surface area (Å²) in [4.78, 5) is 52.2. The predicted octanol–water partition coefficient (Wildman–Crippen LogP) is 3.34. The lowest BCUT2D eigenvalue weighted by atomic mass is 9.67. The molecule has 0 unspecified atom stereocenters. The van der Waals surface area contributed by atoms with E-state index in [2.05, 4.69) is 10.6 Å². The summed E-state index contributed by atoms with van der Waals surface area (Å²) >= 11 is 1.32. The Balaban J connectivity index is 1.62. The van der Waals surface area contributed by atoms with E-state index in [0.29, 0.717) is 11.3 Å². The number of benzene rings is 2. The van der Waals surface area contributed by atoms with Crippen molar-refractivity contribution >= 4 is 46.5 Å². The molecule has 1 aliphatic heterocycles. The van der Waals surface area contributed by atoms with E-state index >= 15 is 0 Å². The molecule has 1 heterocycles. The molecule has 8 heteroatoms. The third kappa shape index (κ3) is 3.74. The summed E-state index contributed by atoms with van der Waals surface area (Å²) in [5.74, 6) is -4.01. The van der Waals surface area contributed by atoms with Gasteiger partial charge in [-0.3, -0.25) is 19.2 Å². The number of Topliss-reactive ketones (excluding diaryl/α,β-unsaturated/α-hetero) is 2. The smallest absolute Gasteiger partial charge is 0.292 e. The summed E-state index contributed by atoms with van der Waals surface area (Å²) in [7, 11) is 0. The van der Waals surface area contributed by atoms with E-state index in [1.807, 2.05) is 24.3 Å². The van der Waals surface area contributed by atoms with Crippen molar-refractivity contribution in [2.45, 2.75) is 25.2 Å². The normalized spacial score (nSPS) is 19.0. The SMILES string of the molecule is CC1(C)CC2=C(Sc3ccccc3N2)C(=O)[C@H]1C(=O)C(=O)Nc1ccccc1C(N)=O. The van der Waals surface area contributed by atoms with Crippen LogP contribution in [0.2, 0.25) is 0 Å². The van der Waals surface area contributed by atoms with Crippen LogP contribution in [0.5, 0.6) is 0 Å². The summed E-state index contributed by atoms with van der Waals surface area (Å²) in [6.07, 6.45) is 0.441. The number of nitrogens with two attached hydrogens (primary N) is 1. The highest BCUT2D eigenvalue weighted by molar-refractivity contribution is 8.04. The van der Waals surface area contributed by atoms with Gasteiger partial charge in [-0.1, -0.05) is 49.9 Å². The van der Waals surface area contributed by atoms with Crippen LogP contribution in [0.4, 0.5) is 11.4 Å². The van der Waals surface area contributed by atoms with Crippen molar-refractivity contribution in [3.63, 3.8) is 0 Å². The van der Waals surface area contributed by atoms with Crippen molar-refractivity contribution in [2.24, 2.45) is 17.1 Å². The van der Waals surface area contributed by atoms with Crippen LogP contribution < -0.4 is 16.4 Å². The van der Waals surface area contributed by atoms with Gasteiger partial charge in [-0.25, -0.2) is 0 Å². The fourth-order valence-electron chi connectivity index (χ4n) is 4.01. The van der Waals surface area contributed by atoms with Crippen LogP contribution in [0, 0.1) is 11.3 Å². The summed E-state index contributed by atoms with van der Waals surface area (Å²) < 4.78 is 0. The lowest BCUT2D eigenvalue weighted by Crippen LogP contribution is -2.47. The van der Waals surface area contributed by atoms with Gasteiger partial charge < -0.3 is 16.4 Å². The van der Waals surface area contributed by atoms with Gasteiger partial charge in [0.25, 0.3) is 11.8 Å². The van der Waals surface area contributed by atoms with Gasteiger partial charge >= 0.3 is 0 Å². The topological polar surface area (TPSA) is 118 Å². The molecule has 158 valence electrons. The van der Waals surface area contributed by atoms with Crippen LogP contribution in [-0.2, 0) is 14.4 Å². The van der Waals surface area contributed by atoms with E-state index in [-0.39, 0.29) is 17.0 Å². The van der Waals surface area contributed by atoms with Gasteiger partial charge in [0.1, 0.15) is 0 Å². The van der Waals surface area contributed by atoms with Crippen LogP contribution in [0.15, 0.2) is 64.0 Å². The van der Waals surface area contributed by atoms with E-state index in [4.69, 9.17) is 5.73 Å². The number of hydrogen-bond donors (Lipinski definition) is 3. The zero-order chi connectivity index (χ0) is 22.3. The van der Waals surface area contributed by atoms with Crippen LogP contribution in [0.1, 0.15) is 30.6 Å². The van der Waals surface area contributed by atoms with Crippen LogP contribution in [0.25, 0.3) is 0 Å². The number of anilines is 2. The molecule has 0 aromatic heterocycles. The zero-order valence-corrected chi connectivity index (χ0v) is 17.8. The van der Waals surface area contributed by atoms with Gasteiger partial charge in [0.05, 0.1) is 27.8 Å². The molecule has 0 radical (unpaired) electrons. The standard InChI is InChI=1S/C23H21N3O4S/c1-23(2)11-15-20(31-16-10-6-5-9-14(16)25-15)18(27)17(23)19(28)22(30)26-13-8-4-3-7-12(13)21(24)29/h3-10,17,25H,11H2,1-2H3,(H2,24,29)(H,26,30)/t17-/m0/s1. The van der Waals surface area contributed by atoms with Gasteiger partial charge in [-0.05, 0) is 36.1 Å². The molecule has 2 amide bonds. The number of para-hydroxylation sites is 2. The minimum absolute atomic E-state index is 0.0894. The highest BCUT2D eigenvalue weighted by atomic mass is 32.2. The molecular weight excluding hydrogens is 414 g/mol. The second kappa shape index (κ2) is 7.70. The second-order valence-electron chi connectivity index (χ2n) is 8.22. The summed E-state index contributed by atoms with van der Waals surface area (Å²) in [5.41, 5.74) is 6.48. The van der Waals surface area contributed by atoms with E-state index in [0.717, 1.165) is 16.3 Å². The number of nitrogens with one attached hydrogen (secondary N) is 2. The monoisotopic (exact) mass is 435 g/mol. The van der Waals surface area contributed by atoms with Gasteiger partial charge in [-0.2, -0.15) is 0 Å². The minimum Gasteiger partial charge on any atom is -0.366 e. The molecule has 2 aromatic rings. The quantitative estimate of drug-likeness (QED) is 0.501. The van der Waals surface area contributed by atoms with E-state index in [1.165, 1.54) is 23.9 Å². The molecule has 0 fully saturated rings. The molecule has 31 heavy (non-hydrogen) atoms. The molecule has 7 nitrogen and oxygen atoms in total. The molecule has 0 saturated carbocycles. The lowest BCUT2D eigenvalue weighted by Gasteiger charge is -2.40. The Morgan fingerprint density at radius 1 is 1.10 bits per heavy atom. The van der Waals surface area contributed by atoms with Gasteiger partial charge in [-0.15, -0.1) is 0 Å². The maximum Gasteiger partial charge on any atom is 0.292 e. The maximum absolute atomic E-state index is 13.4. The largest absolute Gasteiger partial charge is 0.366 e. The lowest BCUT2D eigenvalue weighted by molar-refractivity contribution is -0.144. The molecule has 2 aliphatic rings. The Morgan fingerprint density at radius 2 is 1.77 bits per heavy atom. The van der Waals surface area contributed by atoms with Crippen LogP contribution >= 0.6 is 11.8 Å².